The van der Waals surface area contributed by atoms with Crippen LogP contribution in [0, 0.1) is 0 Å². The van der Waals surface area contributed by atoms with E-state index in [0.29, 0.717) is 48.3 Å². The van der Waals surface area contributed by atoms with E-state index in [2.05, 4.69) is 36.5 Å². The van der Waals surface area contributed by atoms with Crippen molar-refractivity contribution in [1.29, 1.82) is 0 Å². The van der Waals surface area contributed by atoms with Crippen LogP contribution in [0.3, 0.4) is 0 Å². The van der Waals surface area contributed by atoms with Crippen molar-refractivity contribution in [3.05, 3.63) is 52.5 Å². The number of amides is 1. The third kappa shape index (κ3) is 4.67. The van der Waals surface area contributed by atoms with Crippen LogP contribution in [0.2, 0.25) is 5.02 Å². The second-order valence-electron chi connectivity index (χ2n) is 6.05. The number of benzene rings is 2. The molecule has 0 atom stereocenters. The predicted octanol–water partition coefficient (Wildman–Crippen LogP) is 4.64. The summed E-state index contributed by atoms with van der Waals surface area (Å²) in [6.07, 6.45) is 2.93. The number of carbonyl (C=O) groups is 1. The molecule has 0 saturated heterocycles. The standard InChI is InChI=1S/C20H22ClNO3/c1-2-14-4-6-15(7-5-14)8-9-20(23)22-17-13-19-18(12-16(17)21)24-10-3-11-25-19/h4-7,12-13H,2-3,8-11H2,1H3,(H,22,23). The van der Waals surface area contributed by atoms with E-state index in [9.17, 15) is 4.79 Å². The number of nitrogens with one attached hydrogen (secondary N) is 1. The summed E-state index contributed by atoms with van der Waals surface area (Å²) < 4.78 is 11.2. The second-order valence-corrected chi connectivity index (χ2v) is 6.45. The molecule has 132 valence electrons. The Balaban J connectivity index is 1.61. The predicted molar refractivity (Wildman–Crippen MR) is 99.8 cm³/mol. The summed E-state index contributed by atoms with van der Waals surface area (Å²) in [5, 5.41) is 3.32. The number of aryl methyl sites for hydroxylation is 2. The van der Waals surface area contributed by atoms with Gasteiger partial charge in [0.2, 0.25) is 5.91 Å². The summed E-state index contributed by atoms with van der Waals surface area (Å²) in [4.78, 5) is 12.3. The molecule has 5 heteroatoms. The van der Waals surface area contributed by atoms with Gasteiger partial charge in [-0.1, -0.05) is 42.8 Å². The monoisotopic (exact) mass is 359 g/mol. The fourth-order valence-electron chi connectivity index (χ4n) is 2.69. The SMILES string of the molecule is CCc1ccc(CCC(=O)Nc2cc3c(cc2Cl)OCCCO3)cc1. The molecule has 1 aliphatic rings. The lowest BCUT2D eigenvalue weighted by Gasteiger charge is -2.12. The molecule has 3 rings (SSSR count). The van der Waals surface area contributed by atoms with E-state index in [4.69, 9.17) is 21.1 Å². The van der Waals surface area contributed by atoms with E-state index >= 15 is 0 Å². The van der Waals surface area contributed by atoms with Gasteiger partial charge in [0.15, 0.2) is 11.5 Å². The Kier molecular flexibility index (Phi) is 5.82. The van der Waals surface area contributed by atoms with Crippen LogP contribution in [0.15, 0.2) is 36.4 Å². The molecule has 0 spiro atoms. The summed E-state index contributed by atoms with van der Waals surface area (Å²) in [5.74, 6) is 1.17. The molecule has 1 aliphatic heterocycles. The van der Waals surface area contributed by atoms with Gasteiger partial charge in [0.25, 0.3) is 0 Å². The molecule has 2 aromatic carbocycles. The van der Waals surface area contributed by atoms with Crippen LogP contribution < -0.4 is 14.8 Å². The third-order valence-electron chi connectivity index (χ3n) is 4.18. The topological polar surface area (TPSA) is 47.6 Å². The Labute approximate surface area is 153 Å². The molecule has 0 unspecified atom stereocenters. The molecule has 4 nitrogen and oxygen atoms in total. The maximum atomic E-state index is 12.3. The van der Waals surface area contributed by atoms with Crippen LogP contribution in [-0.4, -0.2) is 19.1 Å². The van der Waals surface area contributed by atoms with Crippen molar-refractivity contribution in [2.45, 2.75) is 32.6 Å². The minimum atomic E-state index is -0.0732. The van der Waals surface area contributed by atoms with Gasteiger partial charge < -0.3 is 14.8 Å². The molecule has 0 saturated carbocycles. The minimum Gasteiger partial charge on any atom is -0.490 e. The first-order chi connectivity index (χ1) is 12.2. The molecule has 1 amide bonds. The molecule has 0 aliphatic carbocycles. The first-order valence-corrected chi connectivity index (χ1v) is 9.00. The molecule has 1 heterocycles. The first-order valence-electron chi connectivity index (χ1n) is 8.62. The van der Waals surface area contributed by atoms with Crippen molar-refractivity contribution in [2.24, 2.45) is 0 Å². The van der Waals surface area contributed by atoms with Gasteiger partial charge in [-0.05, 0) is 24.0 Å². The Morgan fingerprint density at radius 3 is 2.40 bits per heavy atom. The van der Waals surface area contributed by atoms with E-state index in [1.165, 1.54) is 5.56 Å². The average Bonchev–Trinajstić information content (AvgIpc) is 2.85. The van der Waals surface area contributed by atoms with Crippen LogP contribution in [0.4, 0.5) is 5.69 Å². The van der Waals surface area contributed by atoms with Crippen LogP contribution in [-0.2, 0) is 17.6 Å². The Morgan fingerprint density at radius 2 is 1.72 bits per heavy atom. The maximum Gasteiger partial charge on any atom is 0.224 e. The zero-order valence-corrected chi connectivity index (χ0v) is 15.1. The van der Waals surface area contributed by atoms with E-state index in [0.717, 1.165) is 18.4 Å². The molecule has 1 N–H and O–H groups in total. The smallest absolute Gasteiger partial charge is 0.224 e. The number of carbonyl (C=O) groups excluding carboxylic acids is 1. The number of halogens is 1. The summed E-state index contributed by atoms with van der Waals surface area (Å²) in [6.45, 7) is 3.32. The van der Waals surface area contributed by atoms with Crippen molar-refractivity contribution in [2.75, 3.05) is 18.5 Å². The van der Waals surface area contributed by atoms with Crippen LogP contribution in [0.5, 0.6) is 11.5 Å². The van der Waals surface area contributed by atoms with Gasteiger partial charge >= 0.3 is 0 Å². The largest absolute Gasteiger partial charge is 0.490 e. The third-order valence-corrected chi connectivity index (χ3v) is 4.50. The number of rotatable bonds is 5. The molecule has 0 bridgehead atoms. The van der Waals surface area contributed by atoms with Crippen LogP contribution in [0.25, 0.3) is 0 Å². The average molecular weight is 360 g/mol. The Hall–Kier alpha value is -2.20. The normalized spacial score (nSPS) is 13.2. The lowest BCUT2D eigenvalue weighted by molar-refractivity contribution is -0.116. The van der Waals surface area contributed by atoms with Crippen LogP contribution >= 0.6 is 11.6 Å². The van der Waals surface area contributed by atoms with Gasteiger partial charge in [-0.2, -0.15) is 0 Å². The minimum absolute atomic E-state index is 0.0732. The highest BCUT2D eigenvalue weighted by Gasteiger charge is 2.15. The lowest BCUT2D eigenvalue weighted by atomic mass is 10.1. The van der Waals surface area contributed by atoms with E-state index in [1.54, 1.807) is 12.1 Å². The van der Waals surface area contributed by atoms with Gasteiger partial charge in [-0.3, -0.25) is 4.79 Å². The summed E-state index contributed by atoms with van der Waals surface area (Å²) in [5.41, 5.74) is 3.00. The Bertz CT molecular complexity index is 743. The highest BCUT2D eigenvalue weighted by Crippen LogP contribution is 2.37. The lowest BCUT2D eigenvalue weighted by Crippen LogP contribution is -2.13. The van der Waals surface area contributed by atoms with Crippen molar-refractivity contribution in [1.82, 2.24) is 0 Å². The quantitative estimate of drug-likeness (QED) is 0.846. The van der Waals surface area contributed by atoms with E-state index < -0.39 is 0 Å². The number of hydrogen-bond donors (Lipinski definition) is 1. The molecular weight excluding hydrogens is 338 g/mol. The molecule has 0 aromatic heterocycles. The van der Waals surface area contributed by atoms with Gasteiger partial charge in [-0.15, -0.1) is 0 Å². The number of anilines is 1. The number of fused-ring (bicyclic) bond motifs is 1. The Morgan fingerprint density at radius 1 is 1.08 bits per heavy atom. The zero-order chi connectivity index (χ0) is 17.6. The molecule has 25 heavy (non-hydrogen) atoms. The summed E-state index contributed by atoms with van der Waals surface area (Å²) in [7, 11) is 0. The molecule has 0 radical (unpaired) electrons. The van der Waals surface area contributed by atoms with Crippen LogP contribution in [0.1, 0.15) is 30.9 Å². The number of hydrogen-bond acceptors (Lipinski definition) is 3. The maximum absolute atomic E-state index is 12.3. The van der Waals surface area contributed by atoms with Gasteiger partial charge in [0.1, 0.15) is 0 Å². The summed E-state index contributed by atoms with van der Waals surface area (Å²) >= 11 is 6.26. The first kappa shape index (κ1) is 17.6. The van der Waals surface area contributed by atoms with Gasteiger partial charge in [0, 0.05) is 25.0 Å². The fraction of sp³-hybridized carbons (Fsp3) is 0.350. The highest BCUT2D eigenvalue weighted by molar-refractivity contribution is 6.34. The number of ether oxygens (including phenoxy) is 2. The molecule has 0 fully saturated rings. The highest BCUT2D eigenvalue weighted by atomic mass is 35.5. The molecular formula is C20H22ClNO3. The van der Waals surface area contributed by atoms with Gasteiger partial charge in [-0.25, -0.2) is 0 Å². The van der Waals surface area contributed by atoms with Crippen molar-refractivity contribution < 1.29 is 14.3 Å². The van der Waals surface area contributed by atoms with Crippen molar-refractivity contribution >= 4 is 23.2 Å². The van der Waals surface area contributed by atoms with E-state index in [-0.39, 0.29) is 5.91 Å². The summed E-state index contributed by atoms with van der Waals surface area (Å²) in [6, 6.07) is 11.8. The van der Waals surface area contributed by atoms with Crippen molar-refractivity contribution in [3.63, 3.8) is 0 Å². The fourth-order valence-corrected chi connectivity index (χ4v) is 2.89. The zero-order valence-electron chi connectivity index (χ0n) is 14.3. The van der Waals surface area contributed by atoms with E-state index in [1.807, 2.05) is 0 Å². The van der Waals surface area contributed by atoms with Gasteiger partial charge in [0.05, 0.1) is 23.9 Å². The second kappa shape index (κ2) is 8.26. The van der Waals surface area contributed by atoms with Crippen molar-refractivity contribution in [3.8, 4) is 11.5 Å². The molecule has 2 aromatic rings.